The quantitative estimate of drug-likeness (QED) is 0.828. The van der Waals surface area contributed by atoms with E-state index in [0.29, 0.717) is 18.0 Å². The van der Waals surface area contributed by atoms with Crippen LogP contribution in [0.1, 0.15) is 39.0 Å². The topological polar surface area (TPSA) is 55.1 Å². The molecule has 1 aliphatic carbocycles. The molecule has 2 atom stereocenters. The first kappa shape index (κ1) is 15.8. The molecule has 1 aromatic rings. The molecule has 19 heavy (non-hydrogen) atoms. The van der Waals surface area contributed by atoms with Gasteiger partial charge in [-0.05, 0) is 36.8 Å². The van der Waals surface area contributed by atoms with Crippen LogP contribution in [-0.4, -0.2) is 5.91 Å². The zero-order valence-electron chi connectivity index (χ0n) is 11.4. The molecule has 1 aromatic carbocycles. The second-order valence-corrected chi connectivity index (χ2v) is 5.48. The highest BCUT2D eigenvalue weighted by molar-refractivity contribution is 5.93. The first-order chi connectivity index (χ1) is 8.65. The Morgan fingerprint density at radius 2 is 2.11 bits per heavy atom. The third-order valence-electron chi connectivity index (χ3n) is 3.75. The van der Waals surface area contributed by atoms with E-state index in [4.69, 9.17) is 5.73 Å². The lowest BCUT2D eigenvalue weighted by Crippen LogP contribution is -2.21. The van der Waals surface area contributed by atoms with E-state index < -0.39 is 0 Å². The maximum atomic E-state index is 12.0. The number of nitrogens with one attached hydrogen (secondary N) is 1. The second-order valence-electron chi connectivity index (χ2n) is 5.48. The van der Waals surface area contributed by atoms with Gasteiger partial charge >= 0.3 is 0 Å². The molecule has 0 spiro atoms. The largest absolute Gasteiger partial charge is 0.397 e. The summed E-state index contributed by atoms with van der Waals surface area (Å²) in [6.45, 7) is 2.28. The van der Waals surface area contributed by atoms with Crippen molar-refractivity contribution in [2.24, 2.45) is 11.8 Å². The van der Waals surface area contributed by atoms with Crippen LogP contribution < -0.4 is 11.1 Å². The molecule has 3 nitrogen and oxygen atoms in total. The molecule has 1 amide bonds. The maximum Gasteiger partial charge on any atom is 0.224 e. The number of benzene rings is 1. The molecular formula is C15H23ClN2O. The zero-order valence-corrected chi connectivity index (χ0v) is 12.2. The van der Waals surface area contributed by atoms with E-state index in [1.807, 2.05) is 18.2 Å². The summed E-state index contributed by atoms with van der Waals surface area (Å²) in [5.41, 5.74) is 7.17. The number of amides is 1. The first-order valence-corrected chi connectivity index (χ1v) is 6.79. The zero-order chi connectivity index (χ0) is 13.0. The van der Waals surface area contributed by atoms with Gasteiger partial charge < -0.3 is 11.1 Å². The van der Waals surface area contributed by atoms with E-state index in [9.17, 15) is 4.79 Å². The minimum atomic E-state index is 0. The fraction of sp³-hybridized carbons (Fsp3) is 0.533. The minimum Gasteiger partial charge on any atom is -0.397 e. The number of nitrogen functional groups attached to an aromatic ring is 1. The third kappa shape index (κ3) is 4.75. The molecule has 1 saturated carbocycles. The number of hydrogen-bond acceptors (Lipinski definition) is 2. The average Bonchev–Trinajstić information content (AvgIpc) is 2.32. The van der Waals surface area contributed by atoms with Crippen LogP contribution in [0.4, 0.5) is 11.4 Å². The van der Waals surface area contributed by atoms with Crippen LogP contribution in [0.5, 0.6) is 0 Å². The summed E-state index contributed by atoms with van der Waals surface area (Å²) in [6, 6.07) is 7.40. The van der Waals surface area contributed by atoms with Crippen molar-refractivity contribution in [2.75, 3.05) is 11.1 Å². The van der Waals surface area contributed by atoms with Crippen LogP contribution >= 0.6 is 12.4 Å². The Hall–Kier alpha value is -1.22. The maximum absolute atomic E-state index is 12.0. The minimum absolute atomic E-state index is 0. The molecule has 2 unspecified atom stereocenters. The number of halogens is 1. The van der Waals surface area contributed by atoms with Crippen LogP contribution in [0.25, 0.3) is 0 Å². The molecule has 1 aliphatic rings. The number of carbonyl (C=O) groups excluding carboxylic acids is 1. The Bertz CT molecular complexity index is 422. The number of carbonyl (C=O) groups is 1. The molecule has 1 fully saturated rings. The number of anilines is 2. The Morgan fingerprint density at radius 1 is 1.37 bits per heavy atom. The summed E-state index contributed by atoms with van der Waals surface area (Å²) in [5, 5.41) is 2.91. The smallest absolute Gasteiger partial charge is 0.224 e. The Labute approximate surface area is 121 Å². The molecule has 106 valence electrons. The molecule has 4 heteroatoms. The highest BCUT2D eigenvalue weighted by atomic mass is 35.5. The lowest BCUT2D eigenvalue weighted by molar-refractivity contribution is -0.117. The number of para-hydroxylation sites is 2. The van der Waals surface area contributed by atoms with Gasteiger partial charge in [-0.15, -0.1) is 12.4 Å². The summed E-state index contributed by atoms with van der Waals surface area (Å²) in [7, 11) is 0. The number of rotatable bonds is 3. The van der Waals surface area contributed by atoms with E-state index in [0.717, 1.165) is 11.6 Å². The second kappa shape index (κ2) is 7.39. The number of hydrogen-bond donors (Lipinski definition) is 2. The molecule has 0 bridgehead atoms. The van der Waals surface area contributed by atoms with Crippen molar-refractivity contribution < 1.29 is 4.79 Å². The summed E-state index contributed by atoms with van der Waals surface area (Å²) in [6.07, 6.45) is 5.55. The van der Waals surface area contributed by atoms with Gasteiger partial charge in [0.1, 0.15) is 0 Å². The molecule has 0 radical (unpaired) electrons. The highest BCUT2D eigenvalue weighted by Gasteiger charge is 2.21. The van der Waals surface area contributed by atoms with Crippen molar-refractivity contribution in [3.63, 3.8) is 0 Å². The molecule has 2 rings (SSSR count). The van der Waals surface area contributed by atoms with E-state index in [1.54, 1.807) is 6.07 Å². The molecule has 0 aliphatic heterocycles. The van der Waals surface area contributed by atoms with Gasteiger partial charge in [-0.25, -0.2) is 0 Å². The lowest BCUT2D eigenvalue weighted by atomic mass is 9.81. The number of nitrogens with two attached hydrogens (primary N) is 1. The normalized spacial score (nSPS) is 22.4. The van der Waals surface area contributed by atoms with Crippen molar-refractivity contribution in [3.05, 3.63) is 24.3 Å². The lowest BCUT2D eigenvalue weighted by Gasteiger charge is -2.26. The fourth-order valence-corrected chi connectivity index (χ4v) is 2.82. The van der Waals surface area contributed by atoms with Gasteiger partial charge in [0, 0.05) is 6.42 Å². The molecule has 0 aromatic heterocycles. The van der Waals surface area contributed by atoms with Crippen LogP contribution in [-0.2, 0) is 4.79 Å². The predicted molar refractivity (Wildman–Crippen MR) is 82.5 cm³/mol. The van der Waals surface area contributed by atoms with E-state index in [1.165, 1.54) is 25.7 Å². The van der Waals surface area contributed by atoms with Gasteiger partial charge in [-0.1, -0.05) is 31.9 Å². The van der Waals surface area contributed by atoms with Crippen LogP contribution in [0.2, 0.25) is 0 Å². The van der Waals surface area contributed by atoms with E-state index >= 15 is 0 Å². The van der Waals surface area contributed by atoms with Crippen molar-refractivity contribution in [2.45, 2.75) is 39.0 Å². The standard InChI is InChI=1S/C15H22N2O.ClH/c1-11-5-4-6-12(9-11)10-15(18)17-14-8-3-2-7-13(14)16;/h2-3,7-8,11-12H,4-6,9-10,16H2,1H3,(H,17,18);1H. The van der Waals surface area contributed by atoms with Crippen molar-refractivity contribution >= 4 is 29.7 Å². The highest BCUT2D eigenvalue weighted by Crippen LogP contribution is 2.31. The molecule has 0 heterocycles. The van der Waals surface area contributed by atoms with Gasteiger partial charge in [-0.3, -0.25) is 4.79 Å². The summed E-state index contributed by atoms with van der Waals surface area (Å²) < 4.78 is 0. The SMILES string of the molecule is CC1CCCC(CC(=O)Nc2ccccc2N)C1.Cl. The summed E-state index contributed by atoms with van der Waals surface area (Å²) in [4.78, 5) is 12.0. The van der Waals surface area contributed by atoms with E-state index in [-0.39, 0.29) is 18.3 Å². The van der Waals surface area contributed by atoms with Crippen molar-refractivity contribution in [1.29, 1.82) is 0 Å². The predicted octanol–water partition coefficient (Wildman–Crippen LogP) is 3.85. The van der Waals surface area contributed by atoms with Gasteiger partial charge in [0.15, 0.2) is 0 Å². The van der Waals surface area contributed by atoms with Gasteiger partial charge in [0.25, 0.3) is 0 Å². The van der Waals surface area contributed by atoms with Crippen LogP contribution in [0, 0.1) is 11.8 Å². The van der Waals surface area contributed by atoms with Gasteiger partial charge in [0.2, 0.25) is 5.91 Å². The third-order valence-corrected chi connectivity index (χ3v) is 3.75. The summed E-state index contributed by atoms with van der Waals surface area (Å²) >= 11 is 0. The fourth-order valence-electron chi connectivity index (χ4n) is 2.82. The average molecular weight is 283 g/mol. The Kier molecular flexibility index (Phi) is 6.16. The van der Waals surface area contributed by atoms with Crippen molar-refractivity contribution in [3.8, 4) is 0 Å². The van der Waals surface area contributed by atoms with Crippen LogP contribution in [0.3, 0.4) is 0 Å². The summed E-state index contributed by atoms with van der Waals surface area (Å²) in [5.74, 6) is 1.39. The molecule has 3 N–H and O–H groups in total. The van der Waals surface area contributed by atoms with Crippen LogP contribution in [0.15, 0.2) is 24.3 Å². The Morgan fingerprint density at radius 3 is 2.79 bits per heavy atom. The molecular weight excluding hydrogens is 260 g/mol. The molecule has 0 saturated heterocycles. The monoisotopic (exact) mass is 282 g/mol. The van der Waals surface area contributed by atoms with Gasteiger partial charge in [-0.2, -0.15) is 0 Å². The van der Waals surface area contributed by atoms with Gasteiger partial charge in [0.05, 0.1) is 11.4 Å². The first-order valence-electron chi connectivity index (χ1n) is 6.79. The van der Waals surface area contributed by atoms with E-state index in [2.05, 4.69) is 12.2 Å². The van der Waals surface area contributed by atoms with Crippen molar-refractivity contribution in [1.82, 2.24) is 0 Å². The Balaban J connectivity index is 0.00000180.